The van der Waals surface area contributed by atoms with Crippen molar-refractivity contribution in [1.82, 2.24) is 10.3 Å². The lowest BCUT2D eigenvalue weighted by Crippen LogP contribution is -2.26. The molecule has 2 aromatic rings. The molecule has 0 aliphatic heterocycles. The van der Waals surface area contributed by atoms with E-state index in [9.17, 15) is 4.79 Å². The molecule has 6 heteroatoms. The average molecular weight is 309 g/mol. The first-order valence-corrected chi connectivity index (χ1v) is 7.00. The largest absolute Gasteiger partial charge is 0.441 e. The molecule has 0 unspecified atom stereocenters. The summed E-state index contributed by atoms with van der Waals surface area (Å²) in [7, 11) is 1.63. The summed E-state index contributed by atoms with van der Waals surface area (Å²) in [6, 6.07) is 7.10. The molecule has 0 aliphatic rings. The van der Waals surface area contributed by atoms with Gasteiger partial charge in [0.15, 0.2) is 5.69 Å². The first-order chi connectivity index (χ1) is 10.1. The van der Waals surface area contributed by atoms with E-state index in [-0.39, 0.29) is 5.91 Å². The minimum atomic E-state index is -0.243. The zero-order valence-electron chi connectivity index (χ0n) is 12.0. The number of oxazole rings is 1. The maximum absolute atomic E-state index is 12.0. The van der Waals surface area contributed by atoms with Crippen molar-refractivity contribution < 1.29 is 13.9 Å². The third-order valence-electron chi connectivity index (χ3n) is 2.91. The lowest BCUT2D eigenvalue weighted by Gasteiger charge is -2.02. The molecule has 2 rings (SSSR count). The van der Waals surface area contributed by atoms with Crippen molar-refractivity contribution in [3.05, 3.63) is 40.7 Å². The van der Waals surface area contributed by atoms with Gasteiger partial charge in [-0.3, -0.25) is 4.79 Å². The lowest BCUT2D eigenvalue weighted by atomic mass is 10.2. The van der Waals surface area contributed by atoms with Crippen LogP contribution in [0.4, 0.5) is 0 Å². The first kappa shape index (κ1) is 15.5. The second-order valence-electron chi connectivity index (χ2n) is 4.53. The number of aryl methyl sites for hydroxylation is 1. The number of halogens is 1. The standard InChI is InChI=1S/C15H17ClN2O3/c1-10-13(14(19)17-8-3-9-20-2)18-15(21-10)11-4-6-12(16)7-5-11/h4-7H,3,8-9H2,1-2H3,(H,17,19). The molecule has 21 heavy (non-hydrogen) atoms. The van der Waals surface area contributed by atoms with Gasteiger partial charge in [0.05, 0.1) is 0 Å². The smallest absolute Gasteiger partial charge is 0.273 e. The van der Waals surface area contributed by atoms with Crippen molar-refractivity contribution in [2.24, 2.45) is 0 Å². The van der Waals surface area contributed by atoms with Crippen LogP contribution in [0.25, 0.3) is 11.5 Å². The van der Waals surface area contributed by atoms with E-state index in [0.29, 0.717) is 35.5 Å². The van der Waals surface area contributed by atoms with Gasteiger partial charge in [-0.05, 0) is 37.6 Å². The van der Waals surface area contributed by atoms with Gasteiger partial charge in [0.2, 0.25) is 5.89 Å². The second kappa shape index (κ2) is 7.24. The molecule has 1 heterocycles. The number of hydrogen-bond donors (Lipinski definition) is 1. The highest BCUT2D eigenvalue weighted by Gasteiger charge is 2.17. The molecule has 1 aromatic carbocycles. The van der Waals surface area contributed by atoms with Crippen LogP contribution in [-0.4, -0.2) is 31.2 Å². The fourth-order valence-corrected chi connectivity index (χ4v) is 1.95. The Morgan fingerprint density at radius 2 is 2.10 bits per heavy atom. The highest BCUT2D eigenvalue weighted by atomic mass is 35.5. The number of nitrogens with one attached hydrogen (secondary N) is 1. The molecule has 0 aliphatic carbocycles. The molecule has 112 valence electrons. The van der Waals surface area contributed by atoms with Crippen LogP contribution in [0, 0.1) is 6.92 Å². The van der Waals surface area contributed by atoms with Crippen molar-refractivity contribution in [2.45, 2.75) is 13.3 Å². The van der Waals surface area contributed by atoms with Crippen molar-refractivity contribution in [1.29, 1.82) is 0 Å². The van der Waals surface area contributed by atoms with E-state index >= 15 is 0 Å². The van der Waals surface area contributed by atoms with Crippen LogP contribution >= 0.6 is 11.6 Å². The monoisotopic (exact) mass is 308 g/mol. The highest BCUT2D eigenvalue weighted by Crippen LogP contribution is 2.23. The van der Waals surface area contributed by atoms with Crippen LogP contribution < -0.4 is 5.32 Å². The third kappa shape index (κ3) is 4.06. The summed E-state index contributed by atoms with van der Waals surface area (Å²) < 4.78 is 10.5. The van der Waals surface area contributed by atoms with Crippen molar-refractivity contribution >= 4 is 17.5 Å². The molecule has 0 radical (unpaired) electrons. The van der Waals surface area contributed by atoms with Crippen molar-refractivity contribution in [3.63, 3.8) is 0 Å². The number of nitrogens with zero attached hydrogens (tertiary/aromatic N) is 1. The molecule has 1 amide bonds. The summed E-state index contributed by atoms with van der Waals surface area (Å²) in [6.07, 6.45) is 0.753. The lowest BCUT2D eigenvalue weighted by molar-refractivity contribution is 0.0943. The van der Waals surface area contributed by atoms with Crippen LogP contribution in [0.15, 0.2) is 28.7 Å². The first-order valence-electron chi connectivity index (χ1n) is 6.62. The van der Waals surface area contributed by atoms with E-state index in [1.165, 1.54) is 0 Å². The summed E-state index contributed by atoms with van der Waals surface area (Å²) in [5, 5.41) is 3.42. The molecular formula is C15H17ClN2O3. The number of carbonyl (C=O) groups is 1. The number of methoxy groups -OCH3 is 1. The van der Waals surface area contributed by atoms with Crippen LogP contribution in [0.5, 0.6) is 0 Å². The van der Waals surface area contributed by atoms with Crippen LogP contribution in [0.3, 0.4) is 0 Å². The Bertz CT molecular complexity index is 608. The summed E-state index contributed by atoms with van der Waals surface area (Å²) in [6.45, 7) is 2.86. The molecule has 1 N–H and O–H groups in total. The maximum atomic E-state index is 12.0. The summed E-state index contributed by atoms with van der Waals surface area (Å²) >= 11 is 5.84. The molecular weight excluding hydrogens is 292 g/mol. The number of carbonyl (C=O) groups excluding carboxylic acids is 1. The number of ether oxygens (including phenoxy) is 1. The van der Waals surface area contributed by atoms with Gasteiger partial charge in [-0.2, -0.15) is 0 Å². The summed E-state index contributed by atoms with van der Waals surface area (Å²) in [5.41, 5.74) is 1.08. The van der Waals surface area contributed by atoms with Gasteiger partial charge in [0.25, 0.3) is 5.91 Å². The summed E-state index contributed by atoms with van der Waals surface area (Å²) in [5.74, 6) is 0.656. The minimum absolute atomic E-state index is 0.243. The molecule has 1 aromatic heterocycles. The molecule has 0 bridgehead atoms. The Kier molecular flexibility index (Phi) is 5.36. The Labute approximate surface area is 128 Å². The maximum Gasteiger partial charge on any atom is 0.273 e. The Hall–Kier alpha value is -1.85. The van der Waals surface area contributed by atoms with E-state index in [0.717, 1.165) is 12.0 Å². The van der Waals surface area contributed by atoms with Gasteiger partial charge >= 0.3 is 0 Å². The van der Waals surface area contributed by atoms with Gasteiger partial charge in [0, 0.05) is 30.8 Å². The number of rotatable bonds is 6. The second-order valence-corrected chi connectivity index (χ2v) is 4.97. The molecule has 0 saturated carbocycles. The fourth-order valence-electron chi connectivity index (χ4n) is 1.83. The van der Waals surface area contributed by atoms with E-state index in [1.807, 2.05) is 0 Å². The summed E-state index contributed by atoms with van der Waals surface area (Å²) in [4.78, 5) is 16.3. The van der Waals surface area contributed by atoms with Crippen LogP contribution in [0.1, 0.15) is 22.7 Å². The van der Waals surface area contributed by atoms with Crippen molar-refractivity contribution in [3.8, 4) is 11.5 Å². The number of aromatic nitrogens is 1. The number of benzene rings is 1. The van der Waals surface area contributed by atoms with E-state index in [1.54, 1.807) is 38.3 Å². The fraction of sp³-hybridized carbons (Fsp3) is 0.333. The van der Waals surface area contributed by atoms with Gasteiger partial charge in [0.1, 0.15) is 5.76 Å². The van der Waals surface area contributed by atoms with Crippen LogP contribution in [-0.2, 0) is 4.74 Å². The molecule has 0 atom stereocenters. The molecule has 0 spiro atoms. The molecule has 0 fully saturated rings. The van der Waals surface area contributed by atoms with Gasteiger partial charge in [-0.25, -0.2) is 4.98 Å². The number of amides is 1. The Morgan fingerprint density at radius 3 is 2.76 bits per heavy atom. The molecule has 0 saturated heterocycles. The third-order valence-corrected chi connectivity index (χ3v) is 3.17. The van der Waals surface area contributed by atoms with E-state index < -0.39 is 0 Å². The van der Waals surface area contributed by atoms with Gasteiger partial charge in [-0.15, -0.1) is 0 Å². The minimum Gasteiger partial charge on any atom is -0.441 e. The van der Waals surface area contributed by atoms with Crippen molar-refractivity contribution in [2.75, 3.05) is 20.3 Å². The highest BCUT2D eigenvalue weighted by molar-refractivity contribution is 6.30. The normalized spacial score (nSPS) is 10.6. The molecule has 5 nitrogen and oxygen atoms in total. The Morgan fingerprint density at radius 1 is 1.38 bits per heavy atom. The van der Waals surface area contributed by atoms with E-state index in [2.05, 4.69) is 10.3 Å². The predicted molar refractivity (Wildman–Crippen MR) is 80.5 cm³/mol. The average Bonchev–Trinajstić information content (AvgIpc) is 2.86. The zero-order chi connectivity index (χ0) is 15.2. The van der Waals surface area contributed by atoms with E-state index in [4.69, 9.17) is 20.8 Å². The van der Waals surface area contributed by atoms with Gasteiger partial charge < -0.3 is 14.5 Å². The quantitative estimate of drug-likeness (QED) is 0.833. The van der Waals surface area contributed by atoms with Gasteiger partial charge in [-0.1, -0.05) is 11.6 Å². The van der Waals surface area contributed by atoms with Crippen LogP contribution in [0.2, 0.25) is 5.02 Å². The number of hydrogen-bond acceptors (Lipinski definition) is 4. The zero-order valence-corrected chi connectivity index (χ0v) is 12.7. The predicted octanol–water partition coefficient (Wildman–Crippen LogP) is 3.07. The Balaban J connectivity index is 2.08. The SMILES string of the molecule is COCCCNC(=O)c1nc(-c2ccc(Cl)cc2)oc1C. The topological polar surface area (TPSA) is 64.4 Å².